The topological polar surface area (TPSA) is 109 Å². The summed E-state index contributed by atoms with van der Waals surface area (Å²) in [4.78, 5) is 29.4. The highest BCUT2D eigenvalue weighted by atomic mass is 19.4. The van der Waals surface area contributed by atoms with Crippen LogP contribution in [0.15, 0.2) is 66.5 Å². The fraction of sp³-hybridized carbons (Fsp3) is 0.200. The van der Waals surface area contributed by atoms with Crippen molar-refractivity contribution in [3.8, 4) is 0 Å². The number of ketones is 1. The molecule has 2 aromatic carbocycles. The molecule has 0 saturated carbocycles. The van der Waals surface area contributed by atoms with Crippen LogP contribution in [-0.4, -0.2) is 34.0 Å². The molecule has 5 rings (SSSR count). The van der Waals surface area contributed by atoms with E-state index in [2.05, 4.69) is 25.8 Å². The maximum absolute atomic E-state index is 13.6. The van der Waals surface area contributed by atoms with E-state index in [1.807, 2.05) is 25.1 Å². The molecule has 0 atom stereocenters. The van der Waals surface area contributed by atoms with Gasteiger partial charge in [-0.1, -0.05) is 18.2 Å². The second kappa shape index (κ2) is 11.3. The first kappa shape index (κ1) is 27.6. The molecule has 0 spiro atoms. The number of ether oxygens (including phenoxy) is 1. The van der Waals surface area contributed by atoms with Crippen molar-refractivity contribution in [3.63, 3.8) is 0 Å². The predicted molar refractivity (Wildman–Crippen MR) is 148 cm³/mol. The van der Waals surface area contributed by atoms with Crippen molar-refractivity contribution in [2.45, 2.75) is 32.5 Å². The summed E-state index contributed by atoms with van der Waals surface area (Å²) in [6, 6.07) is 12.2. The van der Waals surface area contributed by atoms with E-state index < -0.39 is 17.5 Å². The number of methoxy groups -OCH3 is 1. The van der Waals surface area contributed by atoms with Crippen molar-refractivity contribution >= 4 is 35.0 Å². The van der Waals surface area contributed by atoms with Crippen molar-refractivity contribution < 1.29 is 27.5 Å². The van der Waals surface area contributed by atoms with Gasteiger partial charge in [-0.25, -0.2) is 4.79 Å². The third kappa shape index (κ3) is 6.46. The third-order valence-electron chi connectivity index (χ3n) is 6.76. The number of aromatic amines is 1. The molecular weight excluding hydrogens is 535 g/mol. The number of carbonyl (C=O) groups is 2. The van der Waals surface area contributed by atoms with Gasteiger partial charge in [0.25, 0.3) is 0 Å². The summed E-state index contributed by atoms with van der Waals surface area (Å²) >= 11 is 0. The zero-order chi connectivity index (χ0) is 29.1. The lowest BCUT2D eigenvalue weighted by atomic mass is 9.97. The number of aromatic nitrogens is 3. The van der Waals surface area contributed by atoms with E-state index in [-0.39, 0.29) is 23.6 Å². The molecule has 4 aromatic rings. The Bertz CT molecular complexity index is 1650. The number of anilines is 3. The lowest BCUT2D eigenvalue weighted by Gasteiger charge is -2.14. The van der Waals surface area contributed by atoms with Crippen LogP contribution < -0.4 is 10.6 Å². The van der Waals surface area contributed by atoms with Gasteiger partial charge in [0.15, 0.2) is 5.78 Å². The van der Waals surface area contributed by atoms with E-state index >= 15 is 0 Å². The van der Waals surface area contributed by atoms with Crippen molar-refractivity contribution in [2.75, 3.05) is 17.7 Å². The Kier molecular flexibility index (Phi) is 7.60. The summed E-state index contributed by atoms with van der Waals surface area (Å²) < 4.78 is 45.6. The Morgan fingerprint density at radius 3 is 2.63 bits per heavy atom. The van der Waals surface area contributed by atoms with Crippen LogP contribution >= 0.6 is 0 Å². The number of hydrogen-bond donors (Lipinski definition) is 3. The molecule has 0 fully saturated rings. The molecular formula is C30H26F3N5O3. The van der Waals surface area contributed by atoms with Gasteiger partial charge in [-0.3, -0.25) is 14.9 Å². The Balaban J connectivity index is 1.31. The molecule has 41 heavy (non-hydrogen) atoms. The first-order chi connectivity index (χ1) is 19.6. The number of benzene rings is 2. The number of H-pyrrole nitrogens is 1. The average Bonchev–Trinajstić information content (AvgIpc) is 3.62. The molecule has 0 saturated heterocycles. The fourth-order valence-electron chi connectivity index (χ4n) is 4.58. The number of esters is 1. The van der Waals surface area contributed by atoms with Crippen molar-refractivity contribution in [3.05, 3.63) is 106 Å². The van der Waals surface area contributed by atoms with Crippen LogP contribution in [0.2, 0.25) is 0 Å². The number of pyridine rings is 1. The largest absolute Gasteiger partial charge is 0.466 e. The molecule has 2 aromatic heterocycles. The summed E-state index contributed by atoms with van der Waals surface area (Å²) in [6.07, 6.45) is 0.652. The summed E-state index contributed by atoms with van der Waals surface area (Å²) in [5, 5.41) is 12.5. The summed E-state index contributed by atoms with van der Waals surface area (Å²) in [7, 11) is 1.34. The van der Waals surface area contributed by atoms with Crippen molar-refractivity contribution in [1.29, 1.82) is 0 Å². The van der Waals surface area contributed by atoms with Crippen LogP contribution in [0.4, 0.5) is 30.4 Å². The zero-order valence-electron chi connectivity index (χ0n) is 22.2. The predicted octanol–water partition coefficient (Wildman–Crippen LogP) is 6.03. The number of Topliss-reactive ketones (excluding diaryl/α,β-unsaturated/α-hetero) is 1. The Morgan fingerprint density at radius 1 is 1.07 bits per heavy atom. The number of carbonyl (C=O) groups excluding carboxylic acids is 2. The van der Waals surface area contributed by atoms with Crippen LogP contribution in [0.5, 0.6) is 0 Å². The van der Waals surface area contributed by atoms with Gasteiger partial charge in [0.05, 0.1) is 36.4 Å². The van der Waals surface area contributed by atoms with E-state index in [9.17, 15) is 22.8 Å². The molecule has 1 aliphatic carbocycles. The second-order valence-corrected chi connectivity index (χ2v) is 9.70. The van der Waals surface area contributed by atoms with E-state index in [1.165, 1.54) is 19.4 Å². The smallest absolute Gasteiger partial charge is 0.416 e. The van der Waals surface area contributed by atoms with Crippen LogP contribution in [0.1, 0.15) is 43.9 Å². The van der Waals surface area contributed by atoms with E-state index in [0.717, 1.165) is 40.2 Å². The fourth-order valence-corrected chi connectivity index (χ4v) is 4.58. The number of fused-ring (bicyclic) bond motifs is 1. The number of halogens is 3. The van der Waals surface area contributed by atoms with Crippen LogP contribution in [0.25, 0.3) is 6.08 Å². The highest BCUT2D eigenvalue weighted by molar-refractivity contribution is 5.99. The van der Waals surface area contributed by atoms with Crippen LogP contribution in [-0.2, 0) is 35.1 Å². The third-order valence-corrected chi connectivity index (χ3v) is 6.76. The normalized spacial score (nSPS) is 12.5. The van der Waals surface area contributed by atoms with Gasteiger partial charge in [-0.2, -0.15) is 18.3 Å². The quantitative estimate of drug-likeness (QED) is 0.169. The maximum atomic E-state index is 13.6. The number of nitrogens with zero attached hydrogens (tertiary/aromatic N) is 2. The van der Waals surface area contributed by atoms with Crippen molar-refractivity contribution in [1.82, 2.24) is 15.2 Å². The molecule has 0 bridgehead atoms. The molecule has 210 valence electrons. The number of aryl methyl sites for hydroxylation is 1. The van der Waals surface area contributed by atoms with Gasteiger partial charge in [-0.05, 0) is 59.5 Å². The van der Waals surface area contributed by atoms with Gasteiger partial charge in [0.1, 0.15) is 5.82 Å². The summed E-state index contributed by atoms with van der Waals surface area (Å²) in [5.74, 6) is -0.422. The minimum Gasteiger partial charge on any atom is -0.466 e. The summed E-state index contributed by atoms with van der Waals surface area (Å²) in [6.45, 7) is 2.37. The van der Waals surface area contributed by atoms with Gasteiger partial charge < -0.3 is 15.4 Å². The number of alkyl halides is 3. The lowest BCUT2D eigenvalue weighted by molar-refractivity contribution is -0.137. The minimum absolute atomic E-state index is 0.0503. The Morgan fingerprint density at radius 2 is 1.90 bits per heavy atom. The Labute approximate surface area is 233 Å². The first-order valence-electron chi connectivity index (χ1n) is 12.7. The van der Waals surface area contributed by atoms with E-state index in [0.29, 0.717) is 29.9 Å². The molecule has 1 aliphatic rings. The minimum atomic E-state index is -4.62. The standard InChI is InChI=1S/C30H26F3N5O3/c1-17-3-4-18(7-22(17)15-34-25-11-19-9-21(29(40)41-2)13-26(19)35-16-25)8-27(39)20-10-23(30(31,32)33)14-24(12-20)37-28-5-6-36-38-28/h3-7,9-12,14,16,34H,8,13,15H2,1-2H3,(H2,36,37,38). The monoisotopic (exact) mass is 561 g/mol. The van der Waals surface area contributed by atoms with Gasteiger partial charge in [0, 0.05) is 42.3 Å². The molecule has 2 heterocycles. The highest BCUT2D eigenvalue weighted by Gasteiger charge is 2.32. The molecule has 11 heteroatoms. The number of nitrogens with one attached hydrogen (secondary N) is 3. The maximum Gasteiger partial charge on any atom is 0.416 e. The van der Waals surface area contributed by atoms with Crippen LogP contribution in [0, 0.1) is 6.92 Å². The molecule has 0 aliphatic heterocycles. The van der Waals surface area contributed by atoms with Crippen molar-refractivity contribution in [2.24, 2.45) is 0 Å². The first-order valence-corrected chi connectivity index (χ1v) is 12.7. The SMILES string of the molecule is COC(=O)C1=Cc2cc(NCc3cc(CC(=O)c4cc(Nc5ccn[nH]5)cc(C(F)(F)F)c4)ccc3C)cnc2C1. The van der Waals surface area contributed by atoms with Gasteiger partial charge in [0.2, 0.25) is 0 Å². The molecule has 0 amide bonds. The van der Waals surface area contributed by atoms with Crippen LogP contribution in [0.3, 0.4) is 0 Å². The number of hydrogen-bond acceptors (Lipinski definition) is 7. The lowest BCUT2D eigenvalue weighted by Crippen LogP contribution is -2.11. The summed E-state index contributed by atoms with van der Waals surface area (Å²) in [5.41, 5.74) is 4.68. The van der Waals surface area contributed by atoms with Gasteiger partial charge in [-0.15, -0.1) is 0 Å². The molecule has 8 nitrogen and oxygen atoms in total. The zero-order valence-corrected chi connectivity index (χ0v) is 22.2. The second-order valence-electron chi connectivity index (χ2n) is 9.70. The van der Waals surface area contributed by atoms with E-state index in [1.54, 1.807) is 24.4 Å². The average molecular weight is 562 g/mol. The van der Waals surface area contributed by atoms with Gasteiger partial charge >= 0.3 is 12.1 Å². The number of rotatable bonds is 9. The van der Waals surface area contributed by atoms with E-state index in [4.69, 9.17) is 4.74 Å². The highest BCUT2D eigenvalue weighted by Crippen LogP contribution is 2.33. The molecule has 0 unspecified atom stereocenters. The molecule has 3 N–H and O–H groups in total. The Hall–Kier alpha value is -4.93. The molecule has 0 radical (unpaired) electrons.